The Morgan fingerprint density at radius 3 is 2.59 bits per heavy atom. The van der Waals surface area contributed by atoms with Crippen molar-refractivity contribution in [2.24, 2.45) is 0 Å². The summed E-state index contributed by atoms with van der Waals surface area (Å²) in [6.07, 6.45) is 0. The van der Waals surface area contributed by atoms with Gasteiger partial charge in [-0.2, -0.15) is 0 Å². The van der Waals surface area contributed by atoms with Crippen LogP contribution in [0.5, 0.6) is 5.75 Å². The molecule has 1 heterocycles. The van der Waals surface area contributed by atoms with E-state index in [2.05, 4.69) is 10.3 Å². The van der Waals surface area contributed by atoms with Crippen LogP contribution in [-0.4, -0.2) is 28.3 Å². The molecule has 3 rings (SSSR count). The second-order valence-corrected chi connectivity index (χ2v) is 6.67. The Labute approximate surface area is 161 Å². The average Bonchev–Trinajstić information content (AvgIpc) is 2.67. The Kier molecular flexibility index (Phi) is 5.93. The maximum atomic E-state index is 12.5. The highest BCUT2D eigenvalue weighted by Crippen LogP contribution is 2.24. The second-order valence-electron chi connectivity index (χ2n) is 5.73. The first kappa shape index (κ1) is 18.7. The van der Waals surface area contributed by atoms with E-state index in [1.165, 1.54) is 22.4 Å². The van der Waals surface area contributed by atoms with E-state index < -0.39 is 0 Å². The minimum Gasteiger partial charge on any atom is -0.495 e. The van der Waals surface area contributed by atoms with E-state index in [4.69, 9.17) is 4.74 Å². The van der Waals surface area contributed by atoms with Crippen LogP contribution in [0, 0.1) is 6.92 Å². The molecule has 1 amide bonds. The molecule has 0 radical (unpaired) electrons. The van der Waals surface area contributed by atoms with Crippen molar-refractivity contribution in [2.45, 2.75) is 12.1 Å². The van der Waals surface area contributed by atoms with Crippen molar-refractivity contribution in [3.63, 3.8) is 0 Å². The van der Waals surface area contributed by atoms with E-state index in [1.807, 2.05) is 42.5 Å². The summed E-state index contributed by atoms with van der Waals surface area (Å²) in [6.45, 7) is 1.76. The van der Waals surface area contributed by atoms with Crippen LogP contribution in [0.3, 0.4) is 0 Å². The zero-order valence-electron chi connectivity index (χ0n) is 15.0. The van der Waals surface area contributed by atoms with Crippen LogP contribution in [0.1, 0.15) is 5.69 Å². The van der Waals surface area contributed by atoms with E-state index in [-0.39, 0.29) is 17.2 Å². The molecule has 0 bridgehead atoms. The molecular formula is C20H19N3O3S. The summed E-state index contributed by atoms with van der Waals surface area (Å²) in [5, 5.41) is 3.29. The van der Waals surface area contributed by atoms with E-state index >= 15 is 0 Å². The van der Waals surface area contributed by atoms with E-state index in [1.54, 1.807) is 26.2 Å². The lowest BCUT2D eigenvalue weighted by molar-refractivity contribution is -0.113. The molecule has 27 heavy (non-hydrogen) atoms. The second kappa shape index (κ2) is 8.55. The molecule has 0 atom stereocenters. The number of hydrogen-bond donors (Lipinski definition) is 1. The molecule has 0 aliphatic carbocycles. The third-order valence-corrected chi connectivity index (χ3v) is 4.68. The predicted molar refractivity (Wildman–Crippen MR) is 107 cm³/mol. The average molecular weight is 381 g/mol. The maximum absolute atomic E-state index is 12.5. The van der Waals surface area contributed by atoms with Crippen LogP contribution in [0.4, 0.5) is 5.69 Å². The molecular weight excluding hydrogens is 362 g/mol. The molecule has 0 fully saturated rings. The van der Waals surface area contributed by atoms with Gasteiger partial charge in [-0.25, -0.2) is 4.98 Å². The zero-order chi connectivity index (χ0) is 19.2. The van der Waals surface area contributed by atoms with Crippen LogP contribution in [0.25, 0.3) is 5.69 Å². The van der Waals surface area contributed by atoms with Gasteiger partial charge in [0.1, 0.15) is 5.75 Å². The number of benzene rings is 2. The van der Waals surface area contributed by atoms with Crippen LogP contribution in [0.2, 0.25) is 0 Å². The number of nitrogens with zero attached hydrogens (tertiary/aromatic N) is 2. The summed E-state index contributed by atoms with van der Waals surface area (Å²) in [7, 11) is 1.55. The summed E-state index contributed by atoms with van der Waals surface area (Å²) < 4.78 is 6.75. The number of aryl methyl sites for hydroxylation is 1. The summed E-state index contributed by atoms with van der Waals surface area (Å²) >= 11 is 1.21. The highest BCUT2D eigenvalue weighted by molar-refractivity contribution is 7.99. The largest absolute Gasteiger partial charge is 0.495 e. The number of hydrogen-bond acceptors (Lipinski definition) is 5. The van der Waals surface area contributed by atoms with Crippen LogP contribution >= 0.6 is 11.8 Å². The van der Waals surface area contributed by atoms with Gasteiger partial charge in [-0.05, 0) is 31.2 Å². The summed E-state index contributed by atoms with van der Waals surface area (Å²) in [6, 6.07) is 17.9. The Balaban J connectivity index is 1.80. The Morgan fingerprint density at radius 2 is 1.85 bits per heavy atom. The Bertz CT molecular complexity index is 1000. The fraction of sp³-hybridized carbons (Fsp3) is 0.150. The third kappa shape index (κ3) is 4.57. The molecule has 1 aromatic heterocycles. The van der Waals surface area contributed by atoms with Crippen molar-refractivity contribution in [2.75, 3.05) is 18.2 Å². The number of ether oxygens (including phenoxy) is 1. The Hall–Kier alpha value is -3.06. The van der Waals surface area contributed by atoms with Gasteiger partial charge < -0.3 is 10.1 Å². The molecule has 0 aliphatic heterocycles. The molecule has 0 saturated carbocycles. The minimum atomic E-state index is -0.208. The molecule has 3 aromatic rings. The molecule has 0 spiro atoms. The monoisotopic (exact) mass is 381 g/mol. The standard InChI is InChI=1S/C20H19N3O3S/c1-14-12-19(25)23(15-8-4-3-5-9-15)20(21-14)27-13-18(24)22-16-10-6-7-11-17(16)26-2/h3-12H,13H2,1-2H3,(H,22,24). The first-order valence-corrected chi connectivity index (χ1v) is 9.29. The SMILES string of the molecule is COc1ccccc1NC(=O)CSc1nc(C)cc(=O)n1-c1ccccc1. The minimum absolute atomic E-state index is 0.112. The number of anilines is 1. The number of para-hydroxylation sites is 3. The highest BCUT2D eigenvalue weighted by atomic mass is 32.2. The maximum Gasteiger partial charge on any atom is 0.258 e. The normalized spacial score (nSPS) is 10.4. The van der Waals surface area contributed by atoms with Gasteiger partial charge in [0.15, 0.2) is 5.16 Å². The predicted octanol–water partition coefficient (Wildman–Crippen LogP) is 3.28. The summed E-state index contributed by atoms with van der Waals surface area (Å²) in [5.74, 6) is 0.492. The van der Waals surface area contributed by atoms with Gasteiger partial charge >= 0.3 is 0 Å². The Morgan fingerprint density at radius 1 is 1.15 bits per heavy atom. The van der Waals surface area contributed by atoms with Crippen molar-refractivity contribution < 1.29 is 9.53 Å². The van der Waals surface area contributed by atoms with Gasteiger partial charge in [0, 0.05) is 11.8 Å². The molecule has 6 nitrogen and oxygen atoms in total. The number of methoxy groups -OCH3 is 1. The number of carbonyl (C=O) groups excluding carboxylic acids is 1. The van der Waals surface area contributed by atoms with Gasteiger partial charge in [-0.15, -0.1) is 0 Å². The van der Waals surface area contributed by atoms with Gasteiger partial charge in [-0.1, -0.05) is 42.1 Å². The first-order valence-electron chi connectivity index (χ1n) is 8.30. The zero-order valence-corrected chi connectivity index (χ0v) is 15.8. The lowest BCUT2D eigenvalue weighted by atomic mass is 10.3. The molecule has 7 heteroatoms. The number of nitrogens with one attached hydrogen (secondary N) is 1. The van der Waals surface area contributed by atoms with Crippen LogP contribution in [0.15, 0.2) is 70.6 Å². The smallest absolute Gasteiger partial charge is 0.258 e. The van der Waals surface area contributed by atoms with Crippen molar-refractivity contribution in [1.82, 2.24) is 9.55 Å². The van der Waals surface area contributed by atoms with Crippen molar-refractivity contribution in [3.05, 3.63) is 76.7 Å². The fourth-order valence-electron chi connectivity index (χ4n) is 2.55. The number of aromatic nitrogens is 2. The first-order chi connectivity index (χ1) is 13.1. The molecule has 138 valence electrons. The molecule has 0 unspecified atom stereocenters. The van der Waals surface area contributed by atoms with E-state index in [9.17, 15) is 9.59 Å². The quantitative estimate of drug-likeness (QED) is 0.524. The van der Waals surface area contributed by atoms with Crippen molar-refractivity contribution in [3.8, 4) is 11.4 Å². The topological polar surface area (TPSA) is 73.2 Å². The van der Waals surface area contributed by atoms with Gasteiger partial charge in [0.2, 0.25) is 5.91 Å². The van der Waals surface area contributed by atoms with Gasteiger partial charge in [-0.3, -0.25) is 14.2 Å². The number of amides is 1. The molecule has 0 saturated heterocycles. The highest BCUT2D eigenvalue weighted by Gasteiger charge is 2.13. The molecule has 0 aliphatic rings. The summed E-state index contributed by atoms with van der Waals surface area (Å²) in [4.78, 5) is 29.3. The lowest BCUT2D eigenvalue weighted by Gasteiger charge is -2.13. The van der Waals surface area contributed by atoms with Crippen molar-refractivity contribution >= 4 is 23.4 Å². The lowest BCUT2D eigenvalue weighted by Crippen LogP contribution is -2.22. The summed E-state index contributed by atoms with van der Waals surface area (Å²) in [5.41, 5.74) is 1.74. The number of thioether (sulfide) groups is 1. The number of carbonyl (C=O) groups is 1. The van der Waals surface area contributed by atoms with Crippen LogP contribution in [-0.2, 0) is 4.79 Å². The van der Waals surface area contributed by atoms with Crippen LogP contribution < -0.4 is 15.6 Å². The number of rotatable bonds is 6. The third-order valence-electron chi connectivity index (χ3n) is 3.74. The van der Waals surface area contributed by atoms with Gasteiger partial charge in [0.25, 0.3) is 5.56 Å². The molecule has 1 N–H and O–H groups in total. The van der Waals surface area contributed by atoms with E-state index in [0.717, 1.165) is 0 Å². The molecule has 2 aromatic carbocycles. The van der Waals surface area contributed by atoms with E-state index in [0.29, 0.717) is 28.0 Å². The van der Waals surface area contributed by atoms with Gasteiger partial charge in [0.05, 0.1) is 24.2 Å². The fourth-order valence-corrected chi connectivity index (χ4v) is 3.41. The van der Waals surface area contributed by atoms with Crippen molar-refractivity contribution in [1.29, 1.82) is 0 Å².